The van der Waals surface area contributed by atoms with Gasteiger partial charge in [0.05, 0.1) is 5.92 Å². The monoisotopic (exact) mass is 251 g/mol. The molecule has 1 aliphatic rings. The quantitative estimate of drug-likeness (QED) is 0.877. The van der Waals surface area contributed by atoms with Crippen molar-refractivity contribution in [2.45, 2.75) is 12.8 Å². The third-order valence-corrected chi connectivity index (χ3v) is 3.12. The smallest absolute Gasteiger partial charge is 0.308 e. The molecule has 18 heavy (non-hydrogen) atoms. The number of halogens is 1. The molecule has 0 saturated carbocycles. The first-order valence-electron chi connectivity index (χ1n) is 5.81. The summed E-state index contributed by atoms with van der Waals surface area (Å²) in [4.78, 5) is 23.9. The molecular formula is C13H14FNO3. The number of carboxylic acids is 1. The van der Waals surface area contributed by atoms with Crippen LogP contribution in [-0.4, -0.2) is 35.0 Å². The summed E-state index contributed by atoms with van der Waals surface area (Å²) in [6.07, 6.45) is 0.605. The van der Waals surface area contributed by atoms with Gasteiger partial charge in [0.25, 0.3) is 0 Å². The fraction of sp³-hybridized carbons (Fsp3) is 0.385. The first kappa shape index (κ1) is 12.5. The maximum atomic E-state index is 13.0. The van der Waals surface area contributed by atoms with Crippen LogP contribution in [0, 0.1) is 11.7 Å². The second-order valence-electron chi connectivity index (χ2n) is 4.46. The van der Waals surface area contributed by atoms with Gasteiger partial charge in [-0.05, 0) is 24.1 Å². The van der Waals surface area contributed by atoms with E-state index in [0.717, 1.165) is 5.56 Å². The van der Waals surface area contributed by atoms with Crippen molar-refractivity contribution >= 4 is 11.9 Å². The predicted molar refractivity (Wildman–Crippen MR) is 62.4 cm³/mol. The standard InChI is InChI=1S/C13H14FNO3/c14-11-3-1-2-9(6-11)4-5-15-8-10(13(17)18)7-12(15)16/h1-3,6,10H,4-5,7-8H2,(H,17,18)/t10-/m1/s1. The molecule has 1 atom stereocenters. The van der Waals surface area contributed by atoms with E-state index in [2.05, 4.69) is 0 Å². The number of hydrogen-bond acceptors (Lipinski definition) is 2. The molecule has 1 aromatic rings. The average Bonchev–Trinajstić information content (AvgIpc) is 2.68. The Morgan fingerprint density at radius 1 is 1.50 bits per heavy atom. The Morgan fingerprint density at radius 3 is 2.89 bits per heavy atom. The molecule has 1 aromatic carbocycles. The van der Waals surface area contributed by atoms with Gasteiger partial charge in [0.2, 0.25) is 5.91 Å². The van der Waals surface area contributed by atoms with E-state index < -0.39 is 11.9 Å². The molecule has 1 aliphatic heterocycles. The Balaban J connectivity index is 1.91. The number of carbonyl (C=O) groups excluding carboxylic acids is 1. The van der Waals surface area contributed by atoms with Crippen LogP contribution in [0.15, 0.2) is 24.3 Å². The minimum absolute atomic E-state index is 0.0679. The Morgan fingerprint density at radius 2 is 2.28 bits per heavy atom. The molecule has 1 saturated heterocycles. The lowest BCUT2D eigenvalue weighted by Gasteiger charge is -2.15. The molecule has 1 N–H and O–H groups in total. The molecule has 5 heteroatoms. The minimum Gasteiger partial charge on any atom is -0.481 e. The number of hydrogen-bond donors (Lipinski definition) is 1. The van der Waals surface area contributed by atoms with Crippen molar-refractivity contribution in [3.8, 4) is 0 Å². The normalized spacial score (nSPS) is 19.3. The first-order valence-corrected chi connectivity index (χ1v) is 5.81. The summed E-state index contributed by atoms with van der Waals surface area (Å²) in [7, 11) is 0. The molecular weight excluding hydrogens is 237 g/mol. The van der Waals surface area contributed by atoms with Crippen LogP contribution in [0.5, 0.6) is 0 Å². The molecule has 0 aliphatic carbocycles. The van der Waals surface area contributed by atoms with Crippen molar-refractivity contribution in [1.82, 2.24) is 4.90 Å². The number of carbonyl (C=O) groups is 2. The van der Waals surface area contributed by atoms with Crippen LogP contribution in [-0.2, 0) is 16.0 Å². The molecule has 2 rings (SSSR count). The van der Waals surface area contributed by atoms with Gasteiger partial charge in [-0.25, -0.2) is 4.39 Å². The zero-order valence-electron chi connectivity index (χ0n) is 9.80. The molecule has 0 radical (unpaired) electrons. The number of rotatable bonds is 4. The second kappa shape index (κ2) is 5.16. The lowest BCUT2D eigenvalue weighted by molar-refractivity contribution is -0.141. The van der Waals surface area contributed by atoms with Crippen LogP contribution in [0.25, 0.3) is 0 Å². The number of amides is 1. The highest BCUT2D eigenvalue weighted by molar-refractivity contribution is 5.86. The first-order chi connectivity index (χ1) is 8.56. The molecule has 1 fully saturated rings. The Labute approximate surface area is 104 Å². The third kappa shape index (κ3) is 2.85. The number of aliphatic carboxylic acids is 1. The highest BCUT2D eigenvalue weighted by Crippen LogP contribution is 2.18. The number of likely N-dealkylation sites (tertiary alicyclic amines) is 1. The second-order valence-corrected chi connectivity index (χ2v) is 4.46. The summed E-state index contributed by atoms with van der Waals surface area (Å²) in [5.41, 5.74) is 0.807. The highest BCUT2D eigenvalue weighted by atomic mass is 19.1. The van der Waals surface area contributed by atoms with Crippen LogP contribution in [0.1, 0.15) is 12.0 Å². The number of benzene rings is 1. The maximum Gasteiger partial charge on any atom is 0.308 e. The molecule has 0 aromatic heterocycles. The van der Waals surface area contributed by atoms with Gasteiger partial charge in [-0.15, -0.1) is 0 Å². The molecule has 1 heterocycles. The molecule has 0 unspecified atom stereocenters. The van der Waals surface area contributed by atoms with E-state index >= 15 is 0 Å². The summed E-state index contributed by atoms with van der Waals surface area (Å²) >= 11 is 0. The summed E-state index contributed by atoms with van der Waals surface area (Å²) in [6, 6.07) is 6.20. The van der Waals surface area contributed by atoms with E-state index in [1.54, 1.807) is 12.1 Å². The summed E-state index contributed by atoms with van der Waals surface area (Å²) in [6.45, 7) is 0.690. The fourth-order valence-electron chi connectivity index (χ4n) is 2.11. The number of carboxylic acid groups (broad SMARTS) is 1. The van der Waals surface area contributed by atoms with Gasteiger partial charge >= 0.3 is 5.97 Å². The fourth-order valence-corrected chi connectivity index (χ4v) is 2.11. The lowest BCUT2D eigenvalue weighted by Crippen LogP contribution is -2.28. The van der Waals surface area contributed by atoms with E-state index in [1.807, 2.05) is 0 Å². The van der Waals surface area contributed by atoms with Gasteiger partial charge in [0.1, 0.15) is 5.82 Å². The van der Waals surface area contributed by atoms with Crippen molar-refractivity contribution in [3.05, 3.63) is 35.6 Å². The molecule has 1 amide bonds. The van der Waals surface area contributed by atoms with E-state index in [4.69, 9.17) is 5.11 Å². The predicted octanol–water partition coefficient (Wildman–Crippen LogP) is 1.30. The summed E-state index contributed by atoms with van der Waals surface area (Å²) < 4.78 is 13.0. The van der Waals surface area contributed by atoms with Gasteiger partial charge in [-0.2, -0.15) is 0 Å². The minimum atomic E-state index is -0.934. The SMILES string of the molecule is O=C(O)[C@@H]1CC(=O)N(CCc2cccc(F)c2)C1. The Hall–Kier alpha value is -1.91. The molecule has 96 valence electrons. The van der Waals surface area contributed by atoms with Gasteiger partial charge in [-0.3, -0.25) is 9.59 Å². The summed E-state index contributed by atoms with van der Waals surface area (Å²) in [5.74, 6) is -1.98. The van der Waals surface area contributed by atoms with E-state index in [-0.39, 0.29) is 24.7 Å². The van der Waals surface area contributed by atoms with Gasteiger partial charge in [0.15, 0.2) is 0 Å². The zero-order valence-corrected chi connectivity index (χ0v) is 9.80. The van der Waals surface area contributed by atoms with Crippen molar-refractivity contribution < 1.29 is 19.1 Å². The topological polar surface area (TPSA) is 57.6 Å². The molecule has 4 nitrogen and oxygen atoms in total. The van der Waals surface area contributed by atoms with E-state index in [9.17, 15) is 14.0 Å². The Bertz CT molecular complexity index is 475. The highest BCUT2D eigenvalue weighted by Gasteiger charge is 2.33. The summed E-state index contributed by atoms with van der Waals surface area (Å²) in [5, 5.41) is 8.84. The van der Waals surface area contributed by atoms with E-state index in [1.165, 1.54) is 17.0 Å². The zero-order chi connectivity index (χ0) is 13.1. The Kier molecular flexibility index (Phi) is 3.60. The van der Waals surface area contributed by atoms with Crippen LogP contribution in [0.2, 0.25) is 0 Å². The van der Waals surface area contributed by atoms with Gasteiger partial charge in [0, 0.05) is 19.5 Å². The van der Waals surface area contributed by atoms with Gasteiger partial charge < -0.3 is 10.0 Å². The van der Waals surface area contributed by atoms with Crippen LogP contribution >= 0.6 is 0 Å². The van der Waals surface area contributed by atoms with Crippen LogP contribution < -0.4 is 0 Å². The van der Waals surface area contributed by atoms with Gasteiger partial charge in [-0.1, -0.05) is 12.1 Å². The third-order valence-electron chi connectivity index (χ3n) is 3.12. The molecule has 0 spiro atoms. The lowest BCUT2D eigenvalue weighted by atomic mass is 10.1. The van der Waals surface area contributed by atoms with E-state index in [0.29, 0.717) is 13.0 Å². The van der Waals surface area contributed by atoms with Crippen molar-refractivity contribution in [1.29, 1.82) is 0 Å². The number of nitrogens with zero attached hydrogens (tertiary/aromatic N) is 1. The average molecular weight is 251 g/mol. The largest absolute Gasteiger partial charge is 0.481 e. The van der Waals surface area contributed by atoms with Crippen LogP contribution in [0.4, 0.5) is 4.39 Å². The van der Waals surface area contributed by atoms with Crippen molar-refractivity contribution in [3.63, 3.8) is 0 Å². The molecule has 0 bridgehead atoms. The van der Waals surface area contributed by atoms with Crippen LogP contribution in [0.3, 0.4) is 0 Å². The maximum absolute atomic E-state index is 13.0. The van der Waals surface area contributed by atoms with Crippen molar-refractivity contribution in [2.75, 3.05) is 13.1 Å². The van der Waals surface area contributed by atoms with Crippen molar-refractivity contribution in [2.24, 2.45) is 5.92 Å².